The van der Waals surface area contributed by atoms with E-state index >= 15 is 0 Å². The first-order valence-electron chi connectivity index (χ1n) is 8.52. The molecule has 2 fully saturated rings. The molecule has 4 rings (SSSR count). The monoisotopic (exact) mass is 297 g/mol. The zero-order valence-corrected chi connectivity index (χ0v) is 13.1. The predicted molar refractivity (Wildman–Crippen MR) is 85.4 cm³/mol. The maximum absolute atomic E-state index is 5.54. The van der Waals surface area contributed by atoms with Crippen LogP contribution in [0.3, 0.4) is 0 Å². The summed E-state index contributed by atoms with van der Waals surface area (Å²) < 4.78 is 5.54. The second-order valence-electron chi connectivity index (χ2n) is 6.61. The van der Waals surface area contributed by atoms with Gasteiger partial charge in [0.05, 0.1) is 6.04 Å². The summed E-state index contributed by atoms with van der Waals surface area (Å²) in [6.07, 6.45) is 7.54. The summed E-state index contributed by atoms with van der Waals surface area (Å²) in [6, 6.07) is 9.31. The number of hydrogen-bond donors (Lipinski definition) is 1. The molecule has 1 aromatic carbocycles. The van der Waals surface area contributed by atoms with Gasteiger partial charge in [0.2, 0.25) is 11.7 Å². The summed E-state index contributed by atoms with van der Waals surface area (Å²) in [5, 5.41) is 7.87. The van der Waals surface area contributed by atoms with Crippen LogP contribution in [0, 0.1) is 5.92 Å². The lowest BCUT2D eigenvalue weighted by molar-refractivity contribution is 0.324. The van der Waals surface area contributed by atoms with Crippen LogP contribution < -0.4 is 5.32 Å². The molecule has 1 saturated carbocycles. The average Bonchev–Trinajstić information content (AvgIpc) is 3.21. The topological polar surface area (TPSA) is 51.0 Å². The Balaban J connectivity index is 1.51. The highest BCUT2D eigenvalue weighted by atomic mass is 16.5. The molecular formula is C18H23N3O. The number of aryl methyl sites for hydroxylation is 1. The van der Waals surface area contributed by atoms with E-state index < -0.39 is 0 Å². The first-order valence-corrected chi connectivity index (χ1v) is 8.52. The molecule has 0 bridgehead atoms. The third-order valence-electron chi connectivity index (χ3n) is 5.22. The van der Waals surface area contributed by atoms with Gasteiger partial charge in [0, 0.05) is 11.6 Å². The van der Waals surface area contributed by atoms with Crippen LogP contribution in [-0.4, -0.2) is 16.2 Å². The SMILES string of the molecule is CCc1ccc(-c2noc(C3CC4CCCCC4N3)n2)cc1. The summed E-state index contributed by atoms with van der Waals surface area (Å²) in [5.74, 6) is 2.25. The van der Waals surface area contributed by atoms with Crippen LogP contribution in [0.15, 0.2) is 28.8 Å². The van der Waals surface area contributed by atoms with Gasteiger partial charge < -0.3 is 9.84 Å². The van der Waals surface area contributed by atoms with Crippen LogP contribution in [0.1, 0.15) is 56.5 Å². The van der Waals surface area contributed by atoms with Crippen LogP contribution in [-0.2, 0) is 6.42 Å². The lowest BCUT2D eigenvalue weighted by atomic mass is 9.85. The van der Waals surface area contributed by atoms with Crippen LogP contribution in [0.5, 0.6) is 0 Å². The van der Waals surface area contributed by atoms with E-state index in [-0.39, 0.29) is 6.04 Å². The Bertz CT molecular complexity index is 620. The van der Waals surface area contributed by atoms with Crippen LogP contribution >= 0.6 is 0 Å². The summed E-state index contributed by atoms with van der Waals surface area (Å²) in [7, 11) is 0. The molecular weight excluding hydrogens is 274 g/mol. The van der Waals surface area contributed by atoms with Gasteiger partial charge in [-0.2, -0.15) is 4.98 Å². The van der Waals surface area contributed by atoms with Gasteiger partial charge in [0.25, 0.3) is 0 Å². The fourth-order valence-electron chi connectivity index (χ4n) is 3.89. The minimum Gasteiger partial charge on any atom is -0.337 e. The van der Waals surface area contributed by atoms with Gasteiger partial charge in [0.1, 0.15) is 0 Å². The molecule has 22 heavy (non-hydrogen) atoms. The fraction of sp³-hybridized carbons (Fsp3) is 0.556. The highest BCUT2D eigenvalue weighted by Crippen LogP contribution is 2.38. The maximum atomic E-state index is 5.54. The molecule has 2 aromatic rings. The lowest BCUT2D eigenvalue weighted by Crippen LogP contribution is -2.30. The molecule has 4 nitrogen and oxygen atoms in total. The molecule has 1 N–H and O–H groups in total. The molecule has 3 unspecified atom stereocenters. The molecule has 0 spiro atoms. The van der Waals surface area contributed by atoms with E-state index in [0.29, 0.717) is 11.9 Å². The van der Waals surface area contributed by atoms with Crippen molar-refractivity contribution in [2.75, 3.05) is 0 Å². The molecule has 1 saturated heterocycles. The van der Waals surface area contributed by atoms with Crippen molar-refractivity contribution in [3.8, 4) is 11.4 Å². The number of rotatable bonds is 3. The Morgan fingerprint density at radius 2 is 2.00 bits per heavy atom. The molecule has 116 valence electrons. The Morgan fingerprint density at radius 3 is 2.77 bits per heavy atom. The number of aromatic nitrogens is 2. The van der Waals surface area contributed by atoms with Crippen molar-refractivity contribution in [1.29, 1.82) is 0 Å². The predicted octanol–water partition coefficient (Wildman–Crippen LogP) is 3.89. The molecule has 0 amide bonds. The van der Waals surface area contributed by atoms with Gasteiger partial charge in [-0.05, 0) is 37.2 Å². The van der Waals surface area contributed by atoms with Gasteiger partial charge in [-0.25, -0.2) is 0 Å². The van der Waals surface area contributed by atoms with Gasteiger partial charge in [-0.3, -0.25) is 0 Å². The standard InChI is InChI=1S/C18H23N3O/c1-2-12-7-9-13(10-8-12)17-20-18(22-21-17)16-11-14-5-3-4-6-15(14)19-16/h7-10,14-16,19H,2-6,11H2,1H3. The Labute approximate surface area is 131 Å². The fourth-order valence-corrected chi connectivity index (χ4v) is 3.89. The quantitative estimate of drug-likeness (QED) is 0.933. The normalized spacial score (nSPS) is 27.8. The van der Waals surface area contributed by atoms with E-state index in [0.717, 1.165) is 30.2 Å². The first kappa shape index (κ1) is 13.9. The van der Waals surface area contributed by atoms with Crippen molar-refractivity contribution in [3.63, 3.8) is 0 Å². The largest absolute Gasteiger partial charge is 0.337 e. The third kappa shape index (κ3) is 2.56. The summed E-state index contributed by atoms with van der Waals surface area (Å²) in [6.45, 7) is 2.16. The zero-order valence-electron chi connectivity index (χ0n) is 13.1. The third-order valence-corrected chi connectivity index (χ3v) is 5.22. The Hall–Kier alpha value is -1.68. The molecule has 0 radical (unpaired) electrons. The average molecular weight is 297 g/mol. The van der Waals surface area contributed by atoms with Gasteiger partial charge in [-0.1, -0.05) is 49.2 Å². The van der Waals surface area contributed by atoms with Crippen LogP contribution in [0.4, 0.5) is 0 Å². The number of nitrogens with zero attached hydrogens (tertiary/aromatic N) is 2. The van der Waals surface area contributed by atoms with Gasteiger partial charge in [0.15, 0.2) is 0 Å². The van der Waals surface area contributed by atoms with Crippen molar-refractivity contribution in [2.24, 2.45) is 5.92 Å². The van der Waals surface area contributed by atoms with E-state index in [4.69, 9.17) is 4.52 Å². The number of fused-ring (bicyclic) bond motifs is 1. The van der Waals surface area contributed by atoms with Crippen molar-refractivity contribution in [3.05, 3.63) is 35.7 Å². The smallest absolute Gasteiger partial charge is 0.244 e. The van der Waals surface area contributed by atoms with E-state index in [9.17, 15) is 0 Å². The van der Waals surface area contributed by atoms with Crippen molar-refractivity contribution in [1.82, 2.24) is 15.5 Å². The summed E-state index contributed by atoms with van der Waals surface area (Å²) in [5.41, 5.74) is 2.36. The van der Waals surface area contributed by atoms with Gasteiger partial charge in [-0.15, -0.1) is 0 Å². The zero-order chi connectivity index (χ0) is 14.9. The van der Waals surface area contributed by atoms with Crippen molar-refractivity contribution >= 4 is 0 Å². The Kier molecular flexibility index (Phi) is 3.70. The molecule has 2 aliphatic rings. The van der Waals surface area contributed by atoms with E-state index in [2.05, 4.69) is 46.6 Å². The van der Waals surface area contributed by atoms with E-state index in [1.807, 2.05) is 0 Å². The highest BCUT2D eigenvalue weighted by molar-refractivity contribution is 5.54. The van der Waals surface area contributed by atoms with Crippen LogP contribution in [0.2, 0.25) is 0 Å². The second-order valence-corrected chi connectivity index (χ2v) is 6.61. The minimum absolute atomic E-state index is 0.240. The second kappa shape index (κ2) is 5.84. The number of benzene rings is 1. The molecule has 2 heterocycles. The van der Waals surface area contributed by atoms with Crippen molar-refractivity contribution in [2.45, 2.75) is 57.5 Å². The molecule has 1 aliphatic carbocycles. The summed E-state index contributed by atoms with van der Waals surface area (Å²) in [4.78, 5) is 4.64. The van der Waals surface area contributed by atoms with Crippen molar-refractivity contribution < 1.29 is 4.52 Å². The van der Waals surface area contributed by atoms with Gasteiger partial charge >= 0.3 is 0 Å². The molecule has 3 atom stereocenters. The number of nitrogens with one attached hydrogen (secondary N) is 1. The molecule has 1 aromatic heterocycles. The van der Waals surface area contributed by atoms with Crippen LogP contribution in [0.25, 0.3) is 11.4 Å². The first-order chi connectivity index (χ1) is 10.8. The maximum Gasteiger partial charge on any atom is 0.244 e. The van der Waals surface area contributed by atoms with E-state index in [1.165, 1.54) is 31.2 Å². The van der Waals surface area contributed by atoms with E-state index in [1.54, 1.807) is 0 Å². The molecule has 1 aliphatic heterocycles. The molecule has 4 heteroatoms. The summed E-state index contributed by atoms with van der Waals surface area (Å²) >= 11 is 0. The lowest BCUT2D eigenvalue weighted by Gasteiger charge is -2.24. The highest BCUT2D eigenvalue weighted by Gasteiger charge is 2.38. The Morgan fingerprint density at radius 1 is 1.18 bits per heavy atom. The minimum atomic E-state index is 0.240. The number of hydrogen-bond acceptors (Lipinski definition) is 4.